The number of carbonyl (C=O) groups excluding carboxylic acids is 1. The molecule has 0 heterocycles. The molecule has 0 aromatic rings. The van der Waals surface area contributed by atoms with E-state index >= 15 is 0 Å². The standard InChI is InChI=1S/C30H52NO7P/c1-3-5-7-8-9-10-11-12-13-14-15-16-17-18-19-20-21-22-25-35-27-29(38-30(32)23-6-4-2)28-37-39(33,34)36-26-24-31/h5,7,9-10,12-13,15-16,18-19,29H,3-4,6,8,11,14,17,20-28,31H2,1-2H3,(H,33,34)/b7-5-,10-9-,13-12-,16-15-,19-18-. The largest absolute Gasteiger partial charge is 0.472 e. The van der Waals surface area contributed by atoms with Crippen molar-refractivity contribution in [3.05, 3.63) is 60.8 Å². The van der Waals surface area contributed by atoms with Gasteiger partial charge in [0.05, 0.1) is 19.8 Å². The maximum absolute atomic E-state index is 12.0. The first-order valence-corrected chi connectivity index (χ1v) is 15.8. The molecular formula is C30H52NO7P. The number of hydrogen-bond acceptors (Lipinski definition) is 7. The quantitative estimate of drug-likeness (QED) is 0.0489. The summed E-state index contributed by atoms with van der Waals surface area (Å²) in [4.78, 5) is 21.7. The Labute approximate surface area is 236 Å². The van der Waals surface area contributed by atoms with Gasteiger partial charge in [0.2, 0.25) is 0 Å². The van der Waals surface area contributed by atoms with Crippen molar-refractivity contribution in [3.8, 4) is 0 Å². The first-order valence-electron chi connectivity index (χ1n) is 14.3. The number of carbonyl (C=O) groups is 1. The third-order valence-corrected chi connectivity index (χ3v) is 6.18. The number of unbranched alkanes of at least 4 members (excludes halogenated alkanes) is 3. The van der Waals surface area contributed by atoms with Gasteiger partial charge in [-0.2, -0.15) is 0 Å². The van der Waals surface area contributed by atoms with Gasteiger partial charge in [0.15, 0.2) is 0 Å². The molecule has 0 saturated heterocycles. The molecule has 0 spiro atoms. The highest BCUT2D eigenvalue weighted by atomic mass is 31.2. The Bertz CT molecular complexity index is 777. The molecular weight excluding hydrogens is 517 g/mol. The van der Waals surface area contributed by atoms with E-state index in [4.69, 9.17) is 24.3 Å². The monoisotopic (exact) mass is 569 g/mol. The molecule has 2 unspecified atom stereocenters. The van der Waals surface area contributed by atoms with Gasteiger partial charge in [-0.3, -0.25) is 13.8 Å². The van der Waals surface area contributed by atoms with E-state index in [1.165, 1.54) is 0 Å². The van der Waals surface area contributed by atoms with Gasteiger partial charge in [-0.1, -0.05) is 81.0 Å². The summed E-state index contributed by atoms with van der Waals surface area (Å²) in [5, 5.41) is 0. The summed E-state index contributed by atoms with van der Waals surface area (Å²) >= 11 is 0. The molecule has 0 saturated carbocycles. The first kappa shape index (κ1) is 37.2. The number of nitrogens with two attached hydrogens (primary N) is 1. The lowest BCUT2D eigenvalue weighted by Gasteiger charge is -2.20. The van der Waals surface area contributed by atoms with Crippen LogP contribution in [0.2, 0.25) is 0 Å². The predicted octanol–water partition coefficient (Wildman–Crippen LogP) is 7.12. The lowest BCUT2D eigenvalue weighted by Crippen LogP contribution is -2.28. The van der Waals surface area contributed by atoms with E-state index in [2.05, 4.69) is 67.7 Å². The molecule has 39 heavy (non-hydrogen) atoms. The van der Waals surface area contributed by atoms with Crippen LogP contribution in [0.3, 0.4) is 0 Å². The lowest BCUT2D eigenvalue weighted by molar-refractivity contribution is -0.154. The van der Waals surface area contributed by atoms with E-state index in [1.807, 2.05) is 6.92 Å². The van der Waals surface area contributed by atoms with Crippen molar-refractivity contribution in [2.75, 3.05) is 33.0 Å². The molecule has 0 aromatic heterocycles. The highest BCUT2D eigenvalue weighted by Gasteiger charge is 2.25. The highest BCUT2D eigenvalue weighted by molar-refractivity contribution is 7.47. The van der Waals surface area contributed by atoms with Gasteiger partial charge in [0.25, 0.3) is 0 Å². The van der Waals surface area contributed by atoms with Crippen molar-refractivity contribution >= 4 is 13.8 Å². The Hall–Kier alpha value is -1.80. The average molecular weight is 570 g/mol. The van der Waals surface area contributed by atoms with Gasteiger partial charge < -0.3 is 20.1 Å². The van der Waals surface area contributed by atoms with Gasteiger partial charge in [0, 0.05) is 19.6 Å². The van der Waals surface area contributed by atoms with Crippen molar-refractivity contribution in [1.82, 2.24) is 0 Å². The molecule has 224 valence electrons. The minimum atomic E-state index is -4.25. The Balaban J connectivity index is 4.04. The summed E-state index contributed by atoms with van der Waals surface area (Å²) in [6, 6.07) is 0. The Kier molecular flexibility index (Phi) is 26.5. The van der Waals surface area contributed by atoms with Crippen LogP contribution in [-0.2, 0) is 27.9 Å². The third kappa shape index (κ3) is 27.6. The molecule has 0 bridgehead atoms. The van der Waals surface area contributed by atoms with Crippen LogP contribution in [0, 0.1) is 0 Å². The van der Waals surface area contributed by atoms with E-state index in [0.29, 0.717) is 13.0 Å². The minimum absolute atomic E-state index is 0.0798. The molecule has 2 atom stereocenters. The van der Waals surface area contributed by atoms with Crippen molar-refractivity contribution in [1.29, 1.82) is 0 Å². The zero-order valence-corrected chi connectivity index (χ0v) is 25.0. The van der Waals surface area contributed by atoms with Gasteiger partial charge in [-0.25, -0.2) is 4.57 Å². The SMILES string of the molecule is CC/C=C\C/C=C\C/C=C\C/C=C\C/C=C\CCCCOCC(COP(=O)(O)OCCN)OC(=O)CCCC. The summed E-state index contributed by atoms with van der Waals surface area (Å²) in [6.45, 7) is 4.38. The Morgan fingerprint density at radius 2 is 1.38 bits per heavy atom. The third-order valence-electron chi connectivity index (χ3n) is 5.20. The molecule has 0 fully saturated rings. The highest BCUT2D eigenvalue weighted by Crippen LogP contribution is 2.43. The molecule has 0 aliphatic heterocycles. The zero-order valence-electron chi connectivity index (χ0n) is 24.1. The van der Waals surface area contributed by atoms with E-state index in [-0.39, 0.29) is 38.8 Å². The van der Waals surface area contributed by atoms with Crippen LogP contribution in [0.5, 0.6) is 0 Å². The van der Waals surface area contributed by atoms with Crippen LogP contribution in [0.4, 0.5) is 0 Å². The van der Waals surface area contributed by atoms with Crippen molar-refractivity contribution in [3.63, 3.8) is 0 Å². The topological polar surface area (TPSA) is 117 Å². The summed E-state index contributed by atoms with van der Waals surface area (Å²) in [5.41, 5.74) is 5.28. The maximum atomic E-state index is 12.0. The van der Waals surface area contributed by atoms with Crippen molar-refractivity contribution < 1.29 is 32.8 Å². The van der Waals surface area contributed by atoms with Crippen LogP contribution < -0.4 is 5.73 Å². The Morgan fingerprint density at radius 3 is 1.95 bits per heavy atom. The molecule has 8 nitrogen and oxygen atoms in total. The number of esters is 1. The summed E-state index contributed by atoms with van der Waals surface area (Å²) in [7, 11) is -4.25. The average Bonchev–Trinajstić information content (AvgIpc) is 2.92. The summed E-state index contributed by atoms with van der Waals surface area (Å²) in [5.74, 6) is -0.386. The van der Waals surface area contributed by atoms with Crippen LogP contribution in [-0.4, -0.2) is 49.9 Å². The van der Waals surface area contributed by atoms with Crippen molar-refractivity contribution in [2.24, 2.45) is 5.73 Å². The fraction of sp³-hybridized carbons (Fsp3) is 0.633. The Morgan fingerprint density at radius 1 is 0.795 bits per heavy atom. The van der Waals surface area contributed by atoms with Gasteiger partial charge >= 0.3 is 13.8 Å². The van der Waals surface area contributed by atoms with E-state index in [0.717, 1.165) is 57.8 Å². The molecule has 0 aliphatic rings. The van der Waals surface area contributed by atoms with E-state index in [9.17, 15) is 14.3 Å². The van der Waals surface area contributed by atoms with Gasteiger partial charge in [-0.05, 0) is 57.8 Å². The van der Waals surface area contributed by atoms with Crippen LogP contribution in [0.1, 0.15) is 84.5 Å². The summed E-state index contributed by atoms with van der Waals surface area (Å²) in [6.07, 6.45) is 30.6. The molecule has 0 radical (unpaired) electrons. The number of hydrogen-bond donors (Lipinski definition) is 2. The minimum Gasteiger partial charge on any atom is -0.457 e. The fourth-order valence-electron chi connectivity index (χ4n) is 3.11. The number of rotatable bonds is 26. The van der Waals surface area contributed by atoms with Crippen LogP contribution in [0.15, 0.2) is 60.8 Å². The van der Waals surface area contributed by atoms with Crippen molar-refractivity contribution in [2.45, 2.75) is 90.6 Å². The van der Waals surface area contributed by atoms with E-state index < -0.39 is 13.9 Å². The smallest absolute Gasteiger partial charge is 0.457 e. The van der Waals surface area contributed by atoms with Crippen LogP contribution in [0.25, 0.3) is 0 Å². The summed E-state index contributed by atoms with van der Waals surface area (Å²) < 4.78 is 32.5. The van der Waals surface area contributed by atoms with Crippen LogP contribution >= 0.6 is 7.82 Å². The van der Waals surface area contributed by atoms with Gasteiger partial charge in [-0.15, -0.1) is 0 Å². The fourth-order valence-corrected chi connectivity index (χ4v) is 3.88. The zero-order chi connectivity index (χ0) is 28.9. The number of phosphoric ester groups is 1. The lowest BCUT2D eigenvalue weighted by atomic mass is 10.2. The normalized spacial score (nSPS) is 14.9. The predicted molar refractivity (Wildman–Crippen MR) is 159 cm³/mol. The molecule has 0 amide bonds. The molecule has 0 rings (SSSR count). The molecule has 0 aliphatic carbocycles. The molecule has 3 N–H and O–H groups in total. The number of ether oxygens (including phenoxy) is 2. The second-order valence-corrected chi connectivity index (χ2v) is 10.3. The van der Waals surface area contributed by atoms with Gasteiger partial charge in [0.1, 0.15) is 6.10 Å². The number of allylic oxidation sites excluding steroid dienone is 10. The first-order chi connectivity index (χ1) is 18.9. The maximum Gasteiger partial charge on any atom is 0.472 e. The molecule has 9 heteroatoms. The number of phosphoric acid groups is 1. The second-order valence-electron chi connectivity index (χ2n) is 8.88. The molecule has 0 aromatic carbocycles. The second kappa shape index (κ2) is 27.8. The van der Waals surface area contributed by atoms with E-state index in [1.54, 1.807) is 0 Å².